The molecule has 1 saturated carbocycles. The van der Waals surface area contributed by atoms with Gasteiger partial charge in [-0.3, -0.25) is 4.79 Å². The smallest absolute Gasteiger partial charge is 0.257 e. The molecule has 8 heteroatoms. The fourth-order valence-corrected chi connectivity index (χ4v) is 3.92. The first-order valence-corrected chi connectivity index (χ1v) is 9.91. The van der Waals surface area contributed by atoms with Gasteiger partial charge in [-0.15, -0.1) is 0 Å². The second kappa shape index (κ2) is 8.89. The summed E-state index contributed by atoms with van der Waals surface area (Å²) >= 11 is 0. The summed E-state index contributed by atoms with van der Waals surface area (Å²) in [5.41, 5.74) is 1.17. The second-order valence-electron chi connectivity index (χ2n) is 7.30. The van der Waals surface area contributed by atoms with E-state index in [4.69, 9.17) is 9.47 Å². The molecule has 152 valence electrons. The monoisotopic (exact) mass is 395 g/mol. The molecule has 1 aliphatic carbocycles. The first kappa shape index (κ1) is 19.2. The van der Waals surface area contributed by atoms with Crippen molar-refractivity contribution in [2.75, 3.05) is 20.3 Å². The minimum atomic E-state index is -0.114. The van der Waals surface area contributed by atoms with Gasteiger partial charge < -0.3 is 14.8 Å². The van der Waals surface area contributed by atoms with Gasteiger partial charge in [-0.1, -0.05) is 12.1 Å². The number of carbonyl (C=O) groups excluding carboxylic acids is 1. The van der Waals surface area contributed by atoms with Crippen molar-refractivity contribution in [2.45, 2.75) is 31.6 Å². The predicted octanol–water partition coefficient (Wildman–Crippen LogP) is 2.60. The van der Waals surface area contributed by atoms with Crippen molar-refractivity contribution in [3.63, 3.8) is 0 Å². The quantitative estimate of drug-likeness (QED) is 0.661. The van der Waals surface area contributed by atoms with Crippen LogP contribution in [0.15, 0.2) is 42.9 Å². The Morgan fingerprint density at radius 1 is 1.14 bits per heavy atom. The zero-order valence-corrected chi connectivity index (χ0v) is 16.5. The SMILES string of the molecule is COc1ccccc1OCC(=O)NCC1CCC(c2ccnc3ncnn23)CC1. The van der Waals surface area contributed by atoms with Crippen molar-refractivity contribution in [1.82, 2.24) is 24.9 Å². The zero-order chi connectivity index (χ0) is 20.1. The molecule has 29 heavy (non-hydrogen) atoms. The molecule has 2 aromatic heterocycles. The maximum atomic E-state index is 12.2. The number of hydrogen-bond donors (Lipinski definition) is 1. The minimum absolute atomic E-state index is 0.0169. The molecule has 1 amide bonds. The fourth-order valence-electron chi connectivity index (χ4n) is 3.92. The third-order valence-electron chi connectivity index (χ3n) is 5.49. The van der Waals surface area contributed by atoms with Crippen LogP contribution in [0.5, 0.6) is 11.5 Å². The van der Waals surface area contributed by atoms with Gasteiger partial charge in [0.2, 0.25) is 0 Å². The Kier molecular flexibility index (Phi) is 5.88. The highest BCUT2D eigenvalue weighted by Crippen LogP contribution is 2.35. The van der Waals surface area contributed by atoms with E-state index in [1.807, 2.05) is 28.8 Å². The molecule has 8 nitrogen and oxygen atoms in total. The molecule has 0 aliphatic heterocycles. The van der Waals surface area contributed by atoms with Crippen LogP contribution in [0.2, 0.25) is 0 Å². The Balaban J connectivity index is 1.23. The number of para-hydroxylation sites is 2. The van der Waals surface area contributed by atoms with Crippen LogP contribution >= 0.6 is 0 Å². The molecule has 0 bridgehead atoms. The second-order valence-corrected chi connectivity index (χ2v) is 7.30. The fraction of sp³-hybridized carbons (Fsp3) is 0.429. The number of benzene rings is 1. The van der Waals surface area contributed by atoms with E-state index in [0.717, 1.165) is 25.7 Å². The van der Waals surface area contributed by atoms with E-state index >= 15 is 0 Å². The van der Waals surface area contributed by atoms with Crippen LogP contribution in [0, 0.1) is 5.92 Å². The zero-order valence-electron chi connectivity index (χ0n) is 16.5. The van der Waals surface area contributed by atoms with Gasteiger partial charge >= 0.3 is 0 Å². The summed E-state index contributed by atoms with van der Waals surface area (Å²) in [5.74, 6) is 2.65. The normalized spacial score (nSPS) is 19.1. The lowest BCUT2D eigenvalue weighted by atomic mass is 9.80. The summed E-state index contributed by atoms with van der Waals surface area (Å²) in [7, 11) is 1.58. The van der Waals surface area contributed by atoms with Gasteiger partial charge in [0.05, 0.1) is 12.8 Å². The number of aromatic nitrogens is 4. The number of methoxy groups -OCH3 is 1. The molecule has 0 saturated heterocycles. The van der Waals surface area contributed by atoms with Crippen LogP contribution in [0.3, 0.4) is 0 Å². The Morgan fingerprint density at radius 2 is 1.93 bits per heavy atom. The van der Waals surface area contributed by atoms with Crippen LogP contribution in [0.1, 0.15) is 37.3 Å². The molecule has 1 aliphatic rings. The van der Waals surface area contributed by atoms with Gasteiger partial charge in [0.15, 0.2) is 18.1 Å². The van der Waals surface area contributed by atoms with Gasteiger partial charge in [0.25, 0.3) is 11.7 Å². The first-order chi connectivity index (χ1) is 14.2. The third-order valence-corrected chi connectivity index (χ3v) is 5.49. The molecular formula is C21H25N5O3. The Hall–Kier alpha value is -3.16. The summed E-state index contributed by atoms with van der Waals surface area (Å²) in [4.78, 5) is 20.6. The highest BCUT2D eigenvalue weighted by Gasteiger charge is 2.25. The van der Waals surface area contributed by atoms with Gasteiger partial charge in [0, 0.05) is 18.7 Å². The third kappa shape index (κ3) is 4.47. The van der Waals surface area contributed by atoms with E-state index < -0.39 is 0 Å². The van der Waals surface area contributed by atoms with Crippen LogP contribution in [0.4, 0.5) is 0 Å². The minimum Gasteiger partial charge on any atom is -0.493 e. The lowest BCUT2D eigenvalue weighted by Gasteiger charge is -2.28. The van der Waals surface area contributed by atoms with E-state index in [-0.39, 0.29) is 12.5 Å². The average molecular weight is 395 g/mol. The molecule has 0 spiro atoms. The molecule has 0 unspecified atom stereocenters. The lowest BCUT2D eigenvalue weighted by Crippen LogP contribution is -2.34. The molecule has 1 fully saturated rings. The molecule has 2 heterocycles. The molecule has 0 radical (unpaired) electrons. The number of carbonyl (C=O) groups is 1. The van der Waals surface area contributed by atoms with E-state index in [9.17, 15) is 4.79 Å². The molecule has 4 rings (SSSR count). The standard InChI is InChI=1S/C21H25N5O3/c1-28-18-4-2-3-5-19(18)29-13-20(27)23-12-15-6-8-16(9-7-15)17-10-11-22-21-24-14-25-26(17)21/h2-5,10-11,14-16H,6-9,12-13H2,1H3,(H,23,27). The van der Waals surface area contributed by atoms with Crippen molar-refractivity contribution in [1.29, 1.82) is 0 Å². The summed E-state index contributed by atoms with van der Waals surface area (Å²) in [6.45, 7) is 0.660. The predicted molar refractivity (Wildman–Crippen MR) is 107 cm³/mol. The summed E-state index contributed by atoms with van der Waals surface area (Å²) in [6, 6.07) is 9.34. The van der Waals surface area contributed by atoms with Crippen molar-refractivity contribution < 1.29 is 14.3 Å². The van der Waals surface area contributed by atoms with Crippen molar-refractivity contribution in [3.05, 3.63) is 48.5 Å². The maximum Gasteiger partial charge on any atom is 0.257 e. The van der Waals surface area contributed by atoms with Crippen molar-refractivity contribution >= 4 is 11.7 Å². The number of rotatable bonds is 7. The highest BCUT2D eigenvalue weighted by molar-refractivity contribution is 5.77. The Morgan fingerprint density at radius 3 is 2.72 bits per heavy atom. The number of nitrogens with zero attached hydrogens (tertiary/aromatic N) is 4. The van der Waals surface area contributed by atoms with Crippen LogP contribution < -0.4 is 14.8 Å². The number of ether oxygens (including phenoxy) is 2. The molecule has 0 atom stereocenters. The first-order valence-electron chi connectivity index (χ1n) is 9.91. The Labute approximate surface area is 169 Å². The maximum absolute atomic E-state index is 12.2. The average Bonchev–Trinajstić information content (AvgIpc) is 3.26. The topological polar surface area (TPSA) is 90.6 Å². The van der Waals surface area contributed by atoms with E-state index in [2.05, 4.69) is 20.4 Å². The highest BCUT2D eigenvalue weighted by atomic mass is 16.5. The molecular weight excluding hydrogens is 370 g/mol. The molecule has 1 N–H and O–H groups in total. The number of nitrogens with one attached hydrogen (secondary N) is 1. The van der Waals surface area contributed by atoms with Gasteiger partial charge in [-0.2, -0.15) is 10.1 Å². The Bertz CT molecular complexity index is 966. The lowest BCUT2D eigenvalue weighted by molar-refractivity contribution is -0.123. The van der Waals surface area contributed by atoms with Crippen LogP contribution in [-0.4, -0.2) is 45.8 Å². The molecule has 3 aromatic rings. The van der Waals surface area contributed by atoms with E-state index in [0.29, 0.717) is 35.7 Å². The number of fused-ring (bicyclic) bond motifs is 1. The van der Waals surface area contributed by atoms with Crippen molar-refractivity contribution in [2.24, 2.45) is 5.92 Å². The van der Waals surface area contributed by atoms with Gasteiger partial charge in [-0.25, -0.2) is 9.50 Å². The number of amides is 1. The van der Waals surface area contributed by atoms with E-state index in [1.54, 1.807) is 25.7 Å². The summed E-state index contributed by atoms with van der Waals surface area (Å²) in [5, 5.41) is 7.29. The largest absolute Gasteiger partial charge is 0.493 e. The van der Waals surface area contributed by atoms with Crippen LogP contribution in [0.25, 0.3) is 5.78 Å². The van der Waals surface area contributed by atoms with Crippen molar-refractivity contribution in [3.8, 4) is 11.5 Å². The van der Waals surface area contributed by atoms with Gasteiger partial charge in [0.1, 0.15) is 6.33 Å². The molecule has 1 aromatic carbocycles. The van der Waals surface area contributed by atoms with Gasteiger partial charge in [-0.05, 0) is 49.8 Å². The summed E-state index contributed by atoms with van der Waals surface area (Å²) in [6.07, 6.45) is 7.61. The van der Waals surface area contributed by atoms with E-state index in [1.165, 1.54) is 5.69 Å². The summed E-state index contributed by atoms with van der Waals surface area (Å²) < 4.78 is 12.6. The van der Waals surface area contributed by atoms with Crippen LogP contribution in [-0.2, 0) is 4.79 Å². The number of hydrogen-bond acceptors (Lipinski definition) is 6.